The van der Waals surface area contributed by atoms with Crippen LogP contribution in [0.4, 0.5) is 11.5 Å². The summed E-state index contributed by atoms with van der Waals surface area (Å²) in [6, 6.07) is 6.08. The van der Waals surface area contributed by atoms with Crippen LogP contribution in [-0.4, -0.2) is 60.4 Å². The van der Waals surface area contributed by atoms with Crippen molar-refractivity contribution in [1.29, 1.82) is 0 Å². The minimum Gasteiger partial charge on any atom is -0.496 e. The van der Waals surface area contributed by atoms with Crippen LogP contribution < -0.4 is 20.3 Å². The van der Waals surface area contributed by atoms with Crippen LogP contribution in [0, 0.1) is 13.8 Å². The number of carbonyl (C=O) groups is 1. The van der Waals surface area contributed by atoms with Gasteiger partial charge in [-0.3, -0.25) is 4.79 Å². The Labute approximate surface area is 190 Å². The van der Waals surface area contributed by atoms with Gasteiger partial charge < -0.3 is 25.4 Å². The lowest BCUT2D eigenvalue weighted by atomic mass is 10.0. The lowest BCUT2D eigenvalue weighted by molar-refractivity contribution is -0.118. The van der Waals surface area contributed by atoms with Gasteiger partial charge in [0.05, 0.1) is 13.7 Å². The van der Waals surface area contributed by atoms with Gasteiger partial charge >= 0.3 is 0 Å². The molecule has 3 rings (SSSR count). The summed E-state index contributed by atoms with van der Waals surface area (Å²) >= 11 is 0. The van der Waals surface area contributed by atoms with Crippen molar-refractivity contribution in [2.45, 2.75) is 52.5 Å². The van der Waals surface area contributed by atoms with E-state index < -0.39 is 0 Å². The van der Waals surface area contributed by atoms with Crippen LogP contribution in [0.25, 0.3) is 0 Å². The Bertz CT molecular complexity index is 928. The van der Waals surface area contributed by atoms with E-state index in [4.69, 9.17) is 4.74 Å². The number of aliphatic hydroxyl groups excluding tert-OH is 1. The number of nitrogens with zero attached hydrogens (tertiary/aromatic N) is 3. The monoisotopic (exact) mass is 441 g/mol. The number of benzene rings is 1. The fraction of sp³-hybridized carbons (Fsp3) is 0.542. The van der Waals surface area contributed by atoms with Crippen molar-refractivity contribution in [3.63, 3.8) is 0 Å². The first-order valence-corrected chi connectivity index (χ1v) is 11.4. The van der Waals surface area contributed by atoms with E-state index in [1.54, 1.807) is 12.0 Å². The number of methoxy groups -OCH3 is 1. The van der Waals surface area contributed by atoms with Gasteiger partial charge in [-0.15, -0.1) is 0 Å². The number of hydrogen-bond acceptors (Lipinski definition) is 7. The van der Waals surface area contributed by atoms with E-state index in [9.17, 15) is 9.90 Å². The Morgan fingerprint density at radius 2 is 2.09 bits per heavy atom. The largest absolute Gasteiger partial charge is 0.496 e. The number of amides is 1. The molecule has 1 aliphatic rings. The molecule has 1 aliphatic heterocycles. The van der Waals surface area contributed by atoms with Crippen molar-refractivity contribution in [3.8, 4) is 5.75 Å². The topological polar surface area (TPSA) is 99.6 Å². The Morgan fingerprint density at radius 1 is 1.28 bits per heavy atom. The van der Waals surface area contributed by atoms with Crippen molar-refractivity contribution in [1.82, 2.24) is 15.3 Å². The van der Waals surface area contributed by atoms with E-state index in [0.29, 0.717) is 31.8 Å². The van der Waals surface area contributed by atoms with Gasteiger partial charge in [0.1, 0.15) is 17.4 Å². The predicted octanol–water partition coefficient (Wildman–Crippen LogP) is 2.59. The number of aliphatic hydroxyl groups is 1. The molecule has 1 aromatic heterocycles. The highest BCUT2D eigenvalue weighted by Gasteiger charge is 2.21. The van der Waals surface area contributed by atoms with Crippen molar-refractivity contribution >= 4 is 17.4 Å². The third-order valence-corrected chi connectivity index (χ3v) is 5.82. The number of ether oxygens (including phenoxy) is 1. The first-order chi connectivity index (χ1) is 15.5. The molecule has 8 heteroatoms. The number of aryl methyl sites for hydroxylation is 2. The number of aromatic nitrogens is 2. The van der Waals surface area contributed by atoms with Crippen LogP contribution in [0.15, 0.2) is 18.2 Å². The normalized spacial score (nSPS) is 15.0. The number of anilines is 2. The van der Waals surface area contributed by atoms with Gasteiger partial charge in [0.25, 0.3) is 0 Å². The van der Waals surface area contributed by atoms with Gasteiger partial charge in [0.2, 0.25) is 5.91 Å². The molecule has 2 aromatic rings. The van der Waals surface area contributed by atoms with Gasteiger partial charge in [0, 0.05) is 55.2 Å². The third-order valence-electron chi connectivity index (χ3n) is 5.82. The minimum absolute atomic E-state index is 0.0613. The number of carbonyl (C=O) groups excluding carboxylic acids is 1. The predicted molar refractivity (Wildman–Crippen MR) is 127 cm³/mol. The zero-order chi connectivity index (χ0) is 23.1. The van der Waals surface area contributed by atoms with Gasteiger partial charge in [-0.25, -0.2) is 9.97 Å². The third kappa shape index (κ3) is 5.75. The highest BCUT2D eigenvalue weighted by atomic mass is 16.5. The maximum atomic E-state index is 12.3. The maximum absolute atomic E-state index is 12.3. The first kappa shape index (κ1) is 23.9. The molecule has 174 valence electrons. The van der Waals surface area contributed by atoms with Crippen LogP contribution >= 0.6 is 0 Å². The second-order valence-electron chi connectivity index (χ2n) is 8.22. The second-order valence-corrected chi connectivity index (χ2v) is 8.22. The van der Waals surface area contributed by atoms with E-state index in [1.165, 1.54) is 0 Å². The minimum atomic E-state index is 0.0613. The Morgan fingerprint density at radius 3 is 2.78 bits per heavy atom. The van der Waals surface area contributed by atoms with Crippen LogP contribution in [0.2, 0.25) is 0 Å². The molecule has 2 heterocycles. The summed E-state index contributed by atoms with van der Waals surface area (Å²) in [5.74, 6) is 2.32. The molecule has 0 spiro atoms. The molecule has 8 nitrogen and oxygen atoms in total. The molecule has 1 amide bonds. The quantitative estimate of drug-likeness (QED) is 0.521. The number of rotatable bonds is 10. The van der Waals surface area contributed by atoms with Crippen LogP contribution in [-0.2, 0) is 11.2 Å². The molecule has 1 atom stereocenters. The highest BCUT2D eigenvalue weighted by molar-refractivity contribution is 5.95. The molecule has 1 saturated heterocycles. The smallest absolute Gasteiger partial charge is 0.240 e. The summed E-state index contributed by atoms with van der Waals surface area (Å²) < 4.78 is 5.70. The standard InChI is InChI=1S/C24H35N5O3/c1-5-6-19(9-12-30)28-24-21(16(2)26-17(3)27-24)13-18-7-8-20(14-22(18)32-4)29-11-10-25-15-23(29)31/h7-8,14,19,25,30H,5-6,9-13,15H2,1-4H3,(H,26,27,28). The molecular weight excluding hydrogens is 406 g/mol. The molecule has 1 fully saturated rings. The lowest BCUT2D eigenvalue weighted by Crippen LogP contribution is -2.48. The highest BCUT2D eigenvalue weighted by Crippen LogP contribution is 2.31. The summed E-state index contributed by atoms with van der Waals surface area (Å²) in [5.41, 5.74) is 3.78. The number of hydrogen-bond donors (Lipinski definition) is 3. The van der Waals surface area contributed by atoms with Crippen molar-refractivity contribution < 1.29 is 14.6 Å². The van der Waals surface area contributed by atoms with Crippen molar-refractivity contribution in [3.05, 3.63) is 40.8 Å². The average molecular weight is 442 g/mol. The van der Waals surface area contributed by atoms with Crippen molar-refractivity contribution in [2.24, 2.45) is 0 Å². The first-order valence-electron chi connectivity index (χ1n) is 11.4. The molecule has 0 saturated carbocycles. The zero-order valence-electron chi connectivity index (χ0n) is 19.6. The maximum Gasteiger partial charge on any atom is 0.240 e. The molecular formula is C24H35N5O3. The Kier molecular flexibility index (Phi) is 8.41. The summed E-state index contributed by atoms with van der Waals surface area (Å²) in [7, 11) is 1.65. The van der Waals surface area contributed by atoms with E-state index >= 15 is 0 Å². The van der Waals surface area contributed by atoms with E-state index in [-0.39, 0.29) is 18.6 Å². The fourth-order valence-electron chi connectivity index (χ4n) is 4.17. The van der Waals surface area contributed by atoms with E-state index in [0.717, 1.165) is 53.5 Å². The second kappa shape index (κ2) is 11.2. The summed E-state index contributed by atoms with van der Waals surface area (Å²) in [4.78, 5) is 23.3. The van der Waals surface area contributed by atoms with Crippen LogP contribution in [0.3, 0.4) is 0 Å². The van der Waals surface area contributed by atoms with Gasteiger partial charge in [0.15, 0.2) is 0 Å². The molecule has 0 radical (unpaired) electrons. The lowest BCUT2D eigenvalue weighted by Gasteiger charge is -2.28. The Balaban J connectivity index is 1.91. The number of piperazine rings is 1. The van der Waals surface area contributed by atoms with Gasteiger partial charge in [-0.1, -0.05) is 19.4 Å². The van der Waals surface area contributed by atoms with Crippen molar-refractivity contribution in [2.75, 3.05) is 43.6 Å². The molecule has 32 heavy (non-hydrogen) atoms. The van der Waals surface area contributed by atoms with E-state index in [2.05, 4.69) is 27.5 Å². The zero-order valence-corrected chi connectivity index (χ0v) is 19.6. The van der Waals surface area contributed by atoms with E-state index in [1.807, 2.05) is 32.0 Å². The number of nitrogens with one attached hydrogen (secondary N) is 2. The summed E-state index contributed by atoms with van der Waals surface area (Å²) in [5, 5.41) is 16.1. The average Bonchev–Trinajstić information content (AvgIpc) is 2.77. The van der Waals surface area contributed by atoms with Gasteiger partial charge in [-0.2, -0.15) is 0 Å². The SMILES string of the molecule is CCCC(CCO)Nc1nc(C)nc(C)c1Cc1ccc(N2CCNCC2=O)cc1OC. The molecule has 0 aliphatic carbocycles. The molecule has 1 unspecified atom stereocenters. The van der Waals surface area contributed by atoms with Crippen LogP contribution in [0.5, 0.6) is 5.75 Å². The molecule has 3 N–H and O–H groups in total. The molecule has 0 bridgehead atoms. The fourth-order valence-corrected chi connectivity index (χ4v) is 4.17. The molecule has 1 aromatic carbocycles. The summed E-state index contributed by atoms with van der Waals surface area (Å²) in [6.07, 6.45) is 3.26. The Hall–Kier alpha value is -2.71. The van der Waals surface area contributed by atoms with Crippen LogP contribution in [0.1, 0.15) is 48.8 Å². The van der Waals surface area contributed by atoms with Gasteiger partial charge in [-0.05, 0) is 38.3 Å². The summed E-state index contributed by atoms with van der Waals surface area (Å²) in [6.45, 7) is 7.93.